The number of pyridine rings is 1. The summed E-state index contributed by atoms with van der Waals surface area (Å²) in [4.78, 5) is 59.2. The van der Waals surface area contributed by atoms with Crippen LogP contribution in [0.2, 0.25) is 0 Å². The number of fused-ring (bicyclic) bond motifs is 9. The highest BCUT2D eigenvalue weighted by Gasteiger charge is 2.70. The van der Waals surface area contributed by atoms with E-state index in [0.29, 0.717) is 0 Å². The van der Waals surface area contributed by atoms with Crippen molar-refractivity contribution in [3.8, 4) is 0 Å². The van der Waals surface area contributed by atoms with E-state index in [-0.39, 0.29) is 45.6 Å². The summed E-state index contributed by atoms with van der Waals surface area (Å²) in [6, 6.07) is 2.71. The summed E-state index contributed by atoms with van der Waals surface area (Å²) < 4.78 is 0. The van der Waals surface area contributed by atoms with Crippen molar-refractivity contribution in [3.63, 3.8) is 0 Å². The number of rotatable bonds is 3. The van der Waals surface area contributed by atoms with Gasteiger partial charge < -0.3 is 10.1 Å². The fraction of sp³-hybridized carbons (Fsp3) is 0.476. The number of carboxylic acid groups (broad SMARTS) is 1. The van der Waals surface area contributed by atoms with E-state index in [9.17, 15) is 24.3 Å². The summed E-state index contributed by atoms with van der Waals surface area (Å²) in [5, 5.41) is 10.4. The molecule has 31 heavy (non-hydrogen) atoms. The van der Waals surface area contributed by atoms with Crippen LogP contribution in [0.4, 0.5) is 0 Å². The van der Waals surface area contributed by atoms with Gasteiger partial charge in [-0.25, -0.2) is 4.79 Å². The van der Waals surface area contributed by atoms with Crippen LogP contribution >= 0.6 is 23.1 Å². The summed E-state index contributed by atoms with van der Waals surface area (Å²) in [5.41, 5.74) is 1.01. The first-order valence-corrected chi connectivity index (χ1v) is 12.0. The topological polar surface area (TPSA) is 120 Å². The largest absolute Gasteiger partial charge is 0.480 e. The molecule has 2 aliphatic heterocycles. The molecule has 2 aliphatic carbocycles. The minimum Gasteiger partial charge on any atom is -0.480 e. The molecule has 8 nitrogen and oxygen atoms in total. The van der Waals surface area contributed by atoms with Crippen LogP contribution in [0.5, 0.6) is 0 Å². The number of imide groups is 1. The van der Waals surface area contributed by atoms with Crippen molar-refractivity contribution in [1.29, 1.82) is 0 Å². The van der Waals surface area contributed by atoms with E-state index in [1.54, 1.807) is 18.0 Å². The molecule has 0 radical (unpaired) electrons. The van der Waals surface area contributed by atoms with Gasteiger partial charge in [0.1, 0.15) is 6.04 Å². The second-order valence-corrected chi connectivity index (χ2v) is 11.0. The average molecular weight is 458 g/mol. The van der Waals surface area contributed by atoms with Gasteiger partial charge >= 0.3 is 10.8 Å². The summed E-state index contributed by atoms with van der Waals surface area (Å²) >= 11 is 2.82. The predicted octanol–water partition coefficient (Wildman–Crippen LogP) is 1.78. The first kappa shape index (κ1) is 19.2. The van der Waals surface area contributed by atoms with Gasteiger partial charge in [0.25, 0.3) is 0 Å². The van der Waals surface area contributed by atoms with E-state index in [2.05, 4.69) is 9.97 Å². The van der Waals surface area contributed by atoms with E-state index in [1.807, 2.05) is 18.3 Å². The lowest BCUT2D eigenvalue weighted by Gasteiger charge is -2.42. The number of amides is 2. The maximum absolute atomic E-state index is 13.3. The fourth-order valence-electron chi connectivity index (χ4n) is 6.47. The molecule has 160 valence electrons. The molecule has 2 aromatic rings. The Morgan fingerprint density at radius 1 is 1.26 bits per heavy atom. The van der Waals surface area contributed by atoms with Crippen LogP contribution < -0.4 is 4.87 Å². The zero-order valence-corrected chi connectivity index (χ0v) is 18.1. The van der Waals surface area contributed by atoms with Gasteiger partial charge in [0.05, 0.1) is 16.9 Å². The number of H-pyrrole nitrogens is 1. The number of nitrogens with one attached hydrogen (secondary N) is 1. The summed E-state index contributed by atoms with van der Waals surface area (Å²) in [7, 11) is 0. The number of carboxylic acids is 1. The molecule has 0 unspecified atom stereocenters. The number of nitrogens with zero attached hydrogens (tertiary/aromatic N) is 2. The molecule has 6 rings (SSSR count). The van der Waals surface area contributed by atoms with Gasteiger partial charge in [0.2, 0.25) is 11.8 Å². The third-order valence-electron chi connectivity index (χ3n) is 7.55. The van der Waals surface area contributed by atoms with Crippen LogP contribution in [-0.2, 0) is 14.4 Å². The fourth-order valence-corrected chi connectivity index (χ4v) is 9.35. The number of hydrogen-bond donors (Lipinski definition) is 2. The maximum atomic E-state index is 13.3. The number of carbonyl (C=O) groups is 3. The van der Waals surface area contributed by atoms with Crippen molar-refractivity contribution in [1.82, 2.24) is 14.9 Å². The van der Waals surface area contributed by atoms with Gasteiger partial charge in [-0.1, -0.05) is 17.4 Å². The molecule has 2 bridgehead atoms. The Labute approximate surface area is 185 Å². The highest BCUT2D eigenvalue weighted by atomic mass is 32.2. The number of aromatic amines is 1. The molecular formula is C21H19N3O5S2. The van der Waals surface area contributed by atoms with Crippen molar-refractivity contribution in [2.24, 2.45) is 29.6 Å². The number of likely N-dealkylation sites (tertiary alicyclic amines) is 1. The van der Waals surface area contributed by atoms with E-state index in [4.69, 9.17) is 0 Å². The van der Waals surface area contributed by atoms with Crippen LogP contribution in [0, 0.1) is 29.6 Å². The number of aliphatic carboxylic acids is 1. The minimum absolute atomic E-state index is 0.0110. The Balaban J connectivity index is 1.46. The van der Waals surface area contributed by atoms with Gasteiger partial charge in [-0.05, 0) is 42.7 Å². The van der Waals surface area contributed by atoms with Gasteiger partial charge in [0.15, 0.2) is 0 Å². The smallest absolute Gasteiger partial charge is 0.326 e. The highest BCUT2D eigenvalue weighted by molar-refractivity contribution is 8.00. The molecule has 0 aromatic carbocycles. The number of thioether (sulfide) groups is 1. The number of aromatic nitrogens is 2. The Hall–Kier alpha value is -2.46. The molecule has 4 aliphatic rings. The Morgan fingerprint density at radius 3 is 2.68 bits per heavy atom. The number of hydrogen-bond acceptors (Lipinski definition) is 7. The maximum Gasteiger partial charge on any atom is 0.326 e. The summed E-state index contributed by atoms with van der Waals surface area (Å²) in [6.07, 6.45) is 4.30. The first-order chi connectivity index (χ1) is 14.9. The van der Waals surface area contributed by atoms with E-state index in [1.165, 1.54) is 18.3 Å². The van der Waals surface area contributed by atoms with E-state index in [0.717, 1.165) is 26.8 Å². The first-order valence-electron chi connectivity index (χ1n) is 10.3. The zero-order chi connectivity index (χ0) is 21.6. The Kier molecular flexibility index (Phi) is 4.05. The second-order valence-electron chi connectivity index (χ2n) is 8.81. The lowest BCUT2D eigenvalue weighted by Crippen LogP contribution is -2.44. The molecule has 2 aromatic heterocycles. The van der Waals surface area contributed by atoms with Crippen molar-refractivity contribution < 1.29 is 19.5 Å². The second kappa shape index (κ2) is 6.52. The number of thiazole rings is 1. The SMILES string of the molecule is C[C@H](C(=O)O)N1C(=O)[C@@H]2[C@@H]3C[C@@H]([C@H]4Sc5[nH]c(=O)sc5[C@H](c5cccnc5)[C@@H]34)[C@@H]2C1=O. The number of carbonyl (C=O) groups excluding carboxylic acids is 2. The third kappa shape index (κ3) is 2.46. The molecule has 0 spiro atoms. The highest BCUT2D eigenvalue weighted by Crippen LogP contribution is 2.68. The van der Waals surface area contributed by atoms with E-state index < -0.39 is 23.8 Å². The molecule has 2 amide bonds. The normalized spacial score (nSPS) is 36.3. The van der Waals surface area contributed by atoms with Crippen molar-refractivity contribution in [2.45, 2.75) is 35.6 Å². The molecule has 4 heterocycles. The van der Waals surface area contributed by atoms with Gasteiger partial charge in [-0.15, -0.1) is 11.8 Å². The quantitative estimate of drug-likeness (QED) is 0.674. The summed E-state index contributed by atoms with van der Waals surface area (Å²) in [6.45, 7) is 1.39. The Bertz CT molecular complexity index is 1180. The predicted molar refractivity (Wildman–Crippen MR) is 112 cm³/mol. The van der Waals surface area contributed by atoms with Gasteiger partial charge in [-0.2, -0.15) is 0 Å². The molecule has 2 N–H and O–H groups in total. The monoisotopic (exact) mass is 457 g/mol. The van der Waals surface area contributed by atoms with Crippen LogP contribution in [-0.4, -0.2) is 49.0 Å². The van der Waals surface area contributed by atoms with Crippen LogP contribution in [0.15, 0.2) is 34.3 Å². The van der Waals surface area contributed by atoms with Crippen LogP contribution in [0.3, 0.4) is 0 Å². The van der Waals surface area contributed by atoms with E-state index >= 15 is 0 Å². The van der Waals surface area contributed by atoms with Crippen LogP contribution in [0.1, 0.15) is 29.7 Å². The molecular weight excluding hydrogens is 438 g/mol. The lowest BCUT2D eigenvalue weighted by molar-refractivity contribution is -0.154. The van der Waals surface area contributed by atoms with Crippen molar-refractivity contribution >= 4 is 40.9 Å². The average Bonchev–Trinajstić information content (AvgIpc) is 3.47. The molecule has 3 fully saturated rings. The minimum atomic E-state index is -1.17. The molecule has 1 saturated heterocycles. The van der Waals surface area contributed by atoms with Gasteiger partial charge in [0, 0.05) is 28.4 Å². The van der Waals surface area contributed by atoms with Crippen molar-refractivity contribution in [3.05, 3.63) is 44.6 Å². The zero-order valence-electron chi connectivity index (χ0n) is 16.4. The third-order valence-corrected chi connectivity index (χ3v) is 10.1. The lowest BCUT2D eigenvalue weighted by atomic mass is 9.68. The molecule has 2 saturated carbocycles. The van der Waals surface area contributed by atoms with Crippen molar-refractivity contribution in [2.75, 3.05) is 0 Å². The Morgan fingerprint density at radius 2 is 2.00 bits per heavy atom. The molecule has 10 heteroatoms. The molecule has 8 atom stereocenters. The van der Waals surface area contributed by atoms with Gasteiger partial charge in [-0.3, -0.25) is 24.3 Å². The standard InChI is InChI=1S/C21H19N3O5S2/c1-7(20(27)28)24-18(25)13-9-5-10(14(13)19(24)26)15-12(9)11(8-3-2-4-22-6-8)16-17(30-15)23-21(29)31-16/h2-4,6-7,9-15H,5H2,1H3,(H,23,29)(H,27,28)/t7-,9-,10-,11-,12-,13-,14+,15-/m1/s1. The van der Waals surface area contributed by atoms with Crippen LogP contribution in [0.25, 0.3) is 0 Å². The summed E-state index contributed by atoms with van der Waals surface area (Å²) in [5.74, 6) is -2.81.